The molecule has 0 N–H and O–H groups in total. The minimum absolute atomic E-state index is 0.0810. The molecule has 23 heavy (non-hydrogen) atoms. The molecule has 0 aliphatic heterocycles. The maximum absolute atomic E-state index is 12.9. The van der Waals surface area contributed by atoms with Crippen LogP contribution in [0.4, 0.5) is 0 Å². The lowest BCUT2D eigenvalue weighted by Crippen LogP contribution is -2.24. The summed E-state index contributed by atoms with van der Waals surface area (Å²) in [5.41, 5.74) is 1.98. The predicted molar refractivity (Wildman–Crippen MR) is 90.8 cm³/mol. The van der Waals surface area contributed by atoms with Gasteiger partial charge in [-0.15, -0.1) is 0 Å². The van der Waals surface area contributed by atoms with Crippen LogP contribution in [0.15, 0.2) is 52.7 Å². The van der Waals surface area contributed by atoms with Crippen LogP contribution in [0.25, 0.3) is 11.2 Å². The Balaban J connectivity index is 1.82. The summed E-state index contributed by atoms with van der Waals surface area (Å²) in [5, 5.41) is 0.744. The summed E-state index contributed by atoms with van der Waals surface area (Å²) in [6, 6.07) is 10.5. The van der Waals surface area contributed by atoms with Crippen LogP contribution in [0.1, 0.15) is 30.9 Å². The summed E-state index contributed by atoms with van der Waals surface area (Å²) in [6.07, 6.45) is 4.09. The van der Waals surface area contributed by atoms with E-state index in [2.05, 4.69) is 34.0 Å². The highest BCUT2D eigenvalue weighted by Gasteiger charge is 2.42. The molecule has 2 aromatic heterocycles. The molecule has 2 unspecified atom stereocenters. The van der Waals surface area contributed by atoms with Gasteiger partial charge in [-0.3, -0.25) is 9.36 Å². The second kappa shape index (κ2) is 5.77. The van der Waals surface area contributed by atoms with Crippen molar-refractivity contribution in [3.63, 3.8) is 0 Å². The molecule has 1 aliphatic rings. The van der Waals surface area contributed by atoms with E-state index in [4.69, 9.17) is 0 Å². The summed E-state index contributed by atoms with van der Waals surface area (Å²) in [7, 11) is 0. The number of aromatic nitrogens is 4. The molecule has 1 aliphatic carbocycles. The maximum atomic E-state index is 12.9. The zero-order valence-electron chi connectivity index (χ0n) is 12.7. The minimum Gasteiger partial charge on any atom is -0.282 e. The molecule has 2 heterocycles. The topological polar surface area (TPSA) is 60.7 Å². The van der Waals surface area contributed by atoms with Gasteiger partial charge < -0.3 is 0 Å². The quantitative estimate of drug-likeness (QED) is 0.545. The van der Waals surface area contributed by atoms with Crippen LogP contribution < -0.4 is 5.56 Å². The van der Waals surface area contributed by atoms with Crippen molar-refractivity contribution < 1.29 is 0 Å². The fraction of sp³-hybridized carbons (Fsp3) is 0.294. The van der Waals surface area contributed by atoms with Crippen molar-refractivity contribution >= 4 is 22.9 Å². The second-order valence-corrected chi connectivity index (χ2v) is 6.78. The number of rotatable bonds is 4. The van der Waals surface area contributed by atoms with Gasteiger partial charge in [0.25, 0.3) is 5.56 Å². The molecule has 116 valence electrons. The Kier molecular flexibility index (Phi) is 3.61. The highest BCUT2D eigenvalue weighted by molar-refractivity contribution is 7.99. The fourth-order valence-electron chi connectivity index (χ4n) is 2.96. The SMILES string of the molecule is CCSc1nc2nccnc2c(=O)n1C1CC1c1ccccc1. The van der Waals surface area contributed by atoms with Crippen LogP contribution in [-0.2, 0) is 0 Å². The van der Waals surface area contributed by atoms with Crippen molar-refractivity contribution in [3.05, 3.63) is 58.6 Å². The fourth-order valence-corrected chi connectivity index (χ4v) is 3.72. The highest BCUT2D eigenvalue weighted by atomic mass is 32.2. The third kappa shape index (κ3) is 2.53. The molecule has 4 rings (SSSR count). The number of thioether (sulfide) groups is 1. The Morgan fingerprint density at radius 1 is 1.22 bits per heavy atom. The van der Waals surface area contributed by atoms with Crippen LogP contribution in [-0.4, -0.2) is 25.3 Å². The van der Waals surface area contributed by atoms with Gasteiger partial charge in [-0.1, -0.05) is 49.0 Å². The standard InChI is InChI=1S/C17H16N4OS/c1-2-23-17-20-15-14(18-8-9-19-15)16(22)21(17)13-10-12(13)11-6-4-3-5-7-11/h3-9,12-13H,2,10H2,1H3. The maximum Gasteiger partial charge on any atom is 0.282 e. The Hall–Kier alpha value is -2.21. The molecule has 0 amide bonds. The van der Waals surface area contributed by atoms with Crippen molar-refractivity contribution in [3.8, 4) is 0 Å². The third-order valence-electron chi connectivity index (χ3n) is 4.10. The lowest BCUT2D eigenvalue weighted by atomic mass is 10.1. The van der Waals surface area contributed by atoms with Crippen LogP contribution in [0.5, 0.6) is 0 Å². The van der Waals surface area contributed by atoms with E-state index in [1.54, 1.807) is 24.2 Å². The van der Waals surface area contributed by atoms with Gasteiger partial charge in [-0.25, -0.2) is 15.0 Å². The van der Waals surface area contributed by atoms with Crippen LogP contribution in [0.2, 0.25) is 0 Å². The molecular weight excluding hydrogens is 308 g/mol. The first-order chi connectivity index (χ1) is 11.3. The van der Waals surface area contributed by atoms with E-state index in [0.29, 0.717) is 17.1 Å². The molecule has 1 aromatic carbocycles. The van der Waals surface area contributed by atoms with Gasteiger partial charge in [-0.05, 0) is 17.7 Å². The Morgan fingerprint density at radius 3 is 2.78 bits per heavy atom. The van der Waals surface area contributed by atoms with Crippen molar-refractivity contribution in [2.24, 2.45) is 0 Å². The number of nitrogens with zero attached hydrogens (tertiary/aromatic N) is 4. The molecule has 2 atom stereocenters. The molecule has 0 spiro atoms. The number of hydrogen-bond donors (Lipinski definition) is 0. The lowest BCUT2D eigenvalue weighted by molar-refractivity contribution is 0.601. The normalized spacial score (nSPS) is 19.9. The number of hydrogen-bond acceptors (Lipinski definition) is 5. The van der Waals surface area contributed by atoms with Gasteiger partial charge in [0.1, 0.15) is 0 Å². The first-order valence-corrected chi connectivity index (χ1v) is 8.69. The van der Waals surface area contributed by atoms with E-state index in [9.17, 15) is 4.79 Å². The Labute approximate surface area is 137 Å². The van der Waals surface area contributed by atoms with Gasteiger partial charge in [0.2, 0.25) is 0 Å². The summed E-state index contributed by atoms with van der Waals surface area (Å²) < 4.78 is 1.82. The molecule has 6 heteroatoms. The average molecular weight is 324 g/mol. The number of benzene rings is 1. The summed E-state index contributed by atoms with van der Waals surface area (Å²) in [6.45, 7) is 2.06. The Morgan fingerprint density at radius 2 is 2.00 bits per heavy atom. The van der Waals surface area contributed by atoms with Gasteiger partial charge in [0.15, 0.2) is 16.3 Å². The molecule has 0 radical (unpaired) electrons. The molecule has 3 aromatic rings. The van der Waals surface area contributed by atoms with E-state index >= 15 is 0 Å². The minimum atomic E-state index is -0.0810. The monoisotopic (exact) mass is 324 g/mol. The van der Waals surface area contributed by atoms with E-state index in [-0.39, 0.29) is 11.6 Å². The van der Waals surface area contributed by atoms with Crippen molar-refractivity contribution in [2.75, 3.05) is 5.75 Å². The zero-order valence-corrected chi connectivity index (χ0v) is 13.5. The number of fused-ring (bicyclic) bond motifs is 1. The van der Waals surface area contributed by atoms with Gasteiger partial charge in [0, 0.05) is 24.4 Å². The van der Waals surface area contributed by atoms with E-state index in [1.807, 2.05) is 22.8 Å². The summed E-state index contributed by atoms with van der Waals surface area (Å²) >= 11 is 1.58. The smallest absolute Gasteiger partial charge is 0.282 e. The van der Waals surface area contributed by atoms with Crippen LogP contribution in [0.3, 0.4) is 0 Å². The molecule has 1 saturated carbocycles. The van der Waals surface area contributed by atoms with Crippen molar-refractivity contribution in [1.82, 2.24) is 19.5 Å². The zero-order chi connectivity index (χ0) is 15.8. The molecule has 0 bridgehead atoms. The molecule has 1 fully saturated rings. The van der Waals surface area contributed by atoms with Gasteiger partial charge in [-0.2, -0.15) is 0 Å². The predicted octanol–water partition coefficient (Wildman–Crippen LogP) is 3.03. The van der Waals surface area contributed by atoms with E-state index in [0.717, 1.165) is 17.3 Å². The van der Waals surface area contributed by atoms with E-state index < -0.39 is 0 Å². The highest BCUT2D eigenvalue weighted by Crippen LogP contribution is 2.51. The Bertz CT molecular complexity index is 909. The summed E-state index contributed by atoms with van der Waals surface area (Å²) in [4.78, 5) is 25.8. The van der Waals surface area contributed by atoms with Crippen molar-refractivity contribution in [1.29, 1.82) is 0 Å². The lowest BCUT2D eigenvalue weighted by Gasteiger charge is -2.11. The molecular formula is C17H16N4OS. The van der Waals surface area contributed by atoms with E-state index in [1.165, 1.54) is 5.56 Å². The first-order valence-electron chi connectivity index (χ1n) is 7.70. The molecule has 0 saturated heterocycles. The van der Waals surface area contributed by atoms with Crippen LogP contribution >= 0.6 is 11.8 Å². The second-order valence-electron chi connectivity index (χ2n) is 5.55. The molecule has 5 nitrogen and oxygen atoms in total. The average Bonchev–Trinajstić information content (AvgIpc) is 3.36. The van der Waals surface area contributed by atoms with Gasteiger partial charge >= 0.3 is 0 Å². The van der Waals surface area contributed by atoms with Crippen LogP contribution in [0, 0.1) is 0 Å². The van der Waals surface area contributed by atoms with Gasteiger partial charge in [0.05, 0.1) is 0 Å². The first kappa shape index (κ1) is 14.4. The summed E-state index contributed by atoms with van der Waals surface area (Å²) in [5.74, 6) is 1.24. The third-order valence-corrected chi connectivity index (χ3v) is 4.93. The van der Waals surface area contributed by atoms with Crippen molar-refractivity contribution in [2.45, 2.75) is 30.5 Å². The largest absolute Gasteiger partial charge is 0.282 e.